The molecular formula is C17H11ClO3. The molecule has 4 heteroatoms. The highest BCUT2D eigenvalue weighted by Gasteiger charge is 2.07. The van der Waals surface area contributed by atoms with Crippen LogP contribution in [0, 0.1) is 0 Å². The van der Waals surface area contributed by atoms with E-state index in [1.165, 1.54) is 12.1 Å². The molecule has 0 spiro atoms. The van der Waals surface area contributed by atoms with Crippen molar-refractivity contribution in [3.8, 4) is 11.5 Å². The van der Waals surface area contributed by atoms with E-state index >= 15 is 0 Å². The fraction of sp³-hybridized carbons (Fsp3) is 0. The molecule has 3 nitrogen and oxygen atoms in total. The molecule has 3 aromatic carbocycles. The number of hydrogen-bond donors (Lipinski definition) is 1. The van der Waals surface area contributed by atoms with Crippen molar-refractivity contribution in [2.45, 2.75) is 0 Å². The van der Waals surface area contributed by atoms with Crippen molar-refractivity contribution < 1.29 is 14.6 Å². The van der Waals surface area contributed by atoms with Gasteiger partial charge in [0, 0.05) is 15.8 Å². The van der Waals surface area contributed by atoms with Crippen LogP contribution in [0.1, 0.15) is 10.4 Å². The van der Waals surface area contributed by atoms with Crippen LogP contribution in [0.4, 0.5) is 0 Å². The van der Waals surface area contributed by atoms with E-state index < -0.39 is 5.97 Å². The normalized spacial score (nSPS) is 10.5. The molecule has 0 radical (unpaired) electrons. The third kappa shape index (κ3) is 2.69. The Labute approximate surface area is 126 Å². The van der Waals surface area contributed by atoms with Crippen LogP contribution >= 0.6 is 11.6 Å². The second-order valence-corrected chi connectivity index (χ2v) is 4.93. The summed E-state index contributed by atoms with van der Waals surface area (Å²) in [4.78, 5) is 10.8. The quantitative estimate of drug-likeness (QED) is 0.741. The van der Waals surface area contributed by atoms with Crippen molar-refractivity contribution in [1.82, 2.24) is 0 Å². The molecule has 0 bridgehead atoms. The van der Waals surface area contributed by atoms with Crippen LogP contribution in [0.15, 0.2) is 60.7 Å². The van der Waals surface area contributed by atoms with Crippen molar-refractivity contribution in [1.29, 1.82) is 0 Å². The summed E-state index contributed by atoms with van der Waals surface area (Å²) < 4.78 is 5.83. The molecule has 0 aromatic heterocycles. The Bertz CT molecular complexity index is 810. The van der Waals surface area contributed by atoms with Crippen molar-refractivity contribution in [3.63, 3.8) is 0 Å². The number of fused-ring (bicyclic) bond motifs is 1. The number of halogens is 1. The topological polar surface area (TPSA) is 46.5 Å². The molecule has 0 heterocycles. The van der Waals surface area contributed by atoms with Crippen molar-refractivity contribution >= 4 is 28.3 Å². The molecule has 0 saturated carbocycles. The lowest BCUT2D eigenvalue weighted by atomic mass is 10.1. The summed E-state index contributed by atoms with van der Waals surface area (Å²) in [7, 11) is 0. The van der Waals surface area contributed by atoms with E-state index in [-0.39, 0.29) is 5.56 Å². The first-order valence-electron chi connectivity index (χ1n) is 6.33. The van der Waals surface area contributed by atoms with Crippen LogP contribution in [0.25, 0.3) is 10.8 Å². The number of ether oxygens (including phenoxy) is 1. The Hall–Kier alpha value is -2.52. The van der Waals surface area contributed by atoms with E-state index in [2.05, 4.69) is 0 Å². The van der Waals surface area contributed by atoms with Crippen LogP contribution in [0.2, 0.25) is 5.02 Å². The number of carbonyl (C=O) groups is 1. The minimum atomic E-state index is -0.960. The standard InChI is InChI=1S/C17H11ClO3/c18-15-9-10-16(14-4-2-1-3-13(14)15)21-12-7-5-11(6-8-12)17(19)20/h1-10H,(H,19,20). The molecule has 3 rings (SSSR count). The van der Waals surface area contributed by atoms with Crippen LogP contribution in [-0.2, 0) is 0 Å². The lowest BCUT2D eigenvalue weighted by Gasteiger charge is -2.10. The zero-order valence-corrected chi connectivity index (χ0v) is 11.7. The SMILES string of the molecule is O=C(O)c1ccc(Oc2ccc(Cl)c3ccccc23)cc1. The largest absolute Gasteiger partial charge is 0.478 e. The van der Waals surface area contributed by atoms with Crippen LogP contribution < -0.4 is 4.74 Å². The summed E-state index contributed by atoms with van der Waals surface area (Å²) in [6, 6.07) is 17.6. The van der Waals surface area contributed by atoms with E-state index in [1.807, 2.05) is 24.3 Å². The number of carboxylic acid groups (broad SMARTS) is 1. The average Bonchev–Trinajstić information content (AvgIpc) is 2.51. The molecule has 0 fully saturated rings. The zero-order chi connectivity index (χ0) is 14.8. The molecule has 0 aliphatic carbocycles. The predicted molar refractivity (Wildman–Crippen MR) is 82.4 cm³/mol. The van der Waals surface area contributed by atoms with Gasteiger partial charge in [-0.05, 0) is 36.4 Å². The Kier molecular flexibility index (Phi) is 3.50. The van der Waals surface area contributed by atoms with E-state index in [0.29, 0.717) is 16.5 Å². The maximum atomic E-state index is 10.8. The van der Waals surface area contributed by atoms with Crippen LogP contribution in [0.5, 0.6) is 11.5 Å². The molecule has 0 atom stereocenters. The van der Waals surface area contributed by atoms with Gasteiger partial charge in [-0.25, -0.2) is 4.79 Å². The molecule has 0 aliphatic heterocycles. The lowest BCUT2D eigenvalue weighted by Crippen LogP contribution is -1.95. The number of hydrogen-bond acceptors (Lipinski definition) is 2. The maximum absolute atomic E-state index is 10.8. The van der Waals surface area contributed by atoms with Crippen LogP contribution in [0.3, 0.4) is 0 Å². The monoisotopic (exact) mass is 298 g/mol. The lowest BCUT2D eigenvalue weighted by molar-refractivity contribution is 0.0697. The van der Waals surface area contributed by atoms with E-state index in [0.717, 1.165) is 10.8 Å². The Morgan fingerprint density at radius 2 is 1.57 bits per heavy atom. The van der Waals surface area contributed by atoms with Gasteiger partial charge in [0.25, 0.3) is 0 Å². The molecule has 0 unspecified atom stereocenters. The van der Waals surface area contributed by atoms with E-state index in [1.54, 1.807) is 24.3 Å². The smallest absolute Gasteiger partial charge is 0.335 e. The molecular weight excluding hydrogens is 288 g/mol. The summed E-state index contributed by atoms with van der Waals surface area (Å²) in [5.74, 6) is 0.295. The second kappa shape index (κ2) is 5.46. The predicted octanol–water partition coefficient (Wildman–Crippen LogP) is 4.98. The molecule has 104 valence electrons. The minimum absolute atomic E-state index is 0.225. The van der Waals surface area contributed by atoms with Gasteiger partial charge in [-0.3, -0.25) is 0 Å². The summed E-state index contributed by atoms with van der Waals surface area (Å²) in [5.41, 5.74) is 0.225. The Morgan fingerprint density at radius 3 is 2.24 bits per heavy atom. The average molecular weight is 299 g/mol. The fourth-order valence-electron chi connectivity index (χ4n) is 2.12. The van der Waals surface area contributed by atoms with Crippen LogP contribution in [-0.4, -0.2) is 11.1 Å². The van der Waals surface area contributed by atoms with Gasteiger partial charge in [0.15, 0.2) is 0 Å². The van der Waals surface area contributed by atoms with E-state index in [9.17, 15) is 4.79 Å². The summed E-state index contributed by atoms with van der Waals surface area (Å²) in [5, 5.41) is 11.4. The molecule has 0 aliphatic rings. The molecule has 0 amide bonds. The van der Waals surface area contributed by atoms with Gasteiger partial charge in [-0.15, -0.1) is 0 Å². The molecule has 21 heavy (non-hydrogen) atoms. The first kappa shape index (κ1) is 13.5. The number of carboxylic acids is 1. The highest BCUT2D eigenvalue weighted by atomic mass is 35.5. The Morgan fingerprint density at radius 1 is 0.905 bits per heavy atom. The molecule has 1 N–H and O–H groups in total. The van der Waals surface area contributed by atoms with Gasteiger partial charge in [-0.1, -0.05) is 35.9 Å². The third-order valence-corrected chi connectivity index (χ3v) is 3.49. The first-order valence-corrected chi connectivity index (χ1v) is 6.71. The number of rotatable bonds is 3. The summed E-state index contributed by atoms with van der Waals surface area (Å²) in [6.45, 7) is 0. The molecule has 3 aromatic rings. The zero-order valence-electron chi connectivity index (χ0n) is 10.9. The van der Waals surface area contributed by atoms with Gasteiger partial charge in [0.2, 0.25) is 0 Å². The van der Waals surface area contributed by atoms with Crippen molar-refractivity contribution in [2.24, 2.45) is 0 Å². The maximum Gasteiger partial charge on any atom is 0.335 e. The van der Waals surface area contributed by atoms with Gasteiger partial charge in [0.05, 0.1) is 5.56 Å². The molecule has 0 saturated heterocycles. The number of benzene rings is 3. The third-order valence-electron chi connectivity index (χ3n) is 3.16. The summed E-state index contributed by atoms with van der Waals surface area (Å²) in [6.07, 6.45) is 0. The van der Waals surface area contributed by atoms with Gasteiger partial charge in [-0.2, -0.15) is 0 Å². The van der Waals surface area contributed by atoms with Gasteiger partial charge in [0.1, 0.15) is 11.5 Å². The van der Waals surface area contributed by atoms with Gasteiger partial charge >= 0.3 is 5.97 Å². The Balaban J connectivity index is 1.98. The second-order valence-electron chi connectivity index (χ2n) is 4.52. The van der Waals surface area contributed by atoms with Crippen molar-refractivity contribution in [2.75, 3.05) is 0 Å². The highest BCUT2D eigenvalue weighted by molar-refractivity contribution is 6.35. The fourth-order valence-corrected chi connectivity index (χ4v) is 2.34. The summed E-state index contributed by atoms with van der Waals surface area (Å²) >= 11 is 6.17. The van der Waals surface area contributed by atoms with E-state index in [4.69, 9.17) is 21.4 Å². The van der Waals surface area contributed by atoms with Crippen molar-refractivity contribution in [3.05, 3.63) is 71.2 Å². The highest BCUT2D eigenvalue weighted by Crippen LogP contribution is 2.34. The first-order chi connectivity index (χ1) is 10.1. The minimum Gasteiger partial charge on any atom is -0.478 e. The van der Waals surface area contributed by atoms with Gasteiger partial charge < -0.3 is 9.84 Å². The number of aromatic carboxylic acids is 1.